The van der Waals surface area contributed by atoms with E-state index in [1.807, 2.05) is 12.1 Å². The first-order valence-electron chi connectivity index (χ1n) is 6.81. The molecule has 0 radical (unpaired) electrons. The van der Waals surface area contributed by atoms with Gasteiger partial charge in [0.15, 0.2) is 0 Å². The summed E-state index contributed by atoms with van der Waals surface area (Å²) in [5.41, 5.74) is 1.22. The van der Waals surface area contributed by atoms with Crippen LogP contribution in [0.25, 0.3) is 0 Å². The van der Waals surface area contributed by atoms with Crippen LogP contribution in [0.5, 0.6) is 5.75 Å². The van der Waals surface area contributed by atoms with E-state index >= 15 is 0 Å². The predicted molar refractivity (Wildman–Crippen MR) is 82.2 cm³/mol. The lowest BCUT2D eigenvalue weighted by Crippen LogP contribution is -2.33. The molecule has 3 nitrogen and oxygen atoms in total. The summed E-state index contributed by atoms with van der Waals surface area (Å²) in [6.07, 6.45) is 2.76. The van der Waals surface area contributed by atoms with Gasteiger partial charge in [-0.25, -0.2) is 0 Å². The maximum atomic E-state index is 11.2. The van der Waals surface area contributed by atoms with Gasteiger partial charge in [0.05, 0.1) is 6.61 Å². The highest BCUT2D eigenvalue weighted by molar-refractivity contribution is 7.84. The van der Waals surface area contributed by atoms with E-state index in [0.29, 0.717) is 5.75 Å². The van der Waals surface area contributed by atoms with Crippen LogP contribution in [0, 0.1) is 0 Å². The van der Waals surface area contributed by atoms with Crippen molar-refractivity contribution in [2.24, 2.45) is 0 Å². The molecule has 4 heteroatoms. The lowest BCUT2D eigenvalue weighted by atomic mass is 10.1. The Balaban J connectivity index is 2.52. The quantitative estimate of drug-likeness (QED) is 0.797. The Hall–Kier alpha value is -0.870. The lowest BCUT2D eigenvalue weighted by molar-refractivity contribution is 0.317. The number of nitrogens with one attached hydrogen (secondary N) is 1. The minimum Gasteiger partial charge on any atom is -0.494 e. The van der Waals surface area contributed by atoms with Crippen molar-refractivity contribution in [1.82, 2.24) is 5.32 Å². The molecule has 0 bridgehead atoms. The van der Waals surface area contributed by atoms with E-state index in [2.05, 4.69) is 38.2 Å². The molecule has 0 aliphatic rings. The van der Waals surface area contributed by atoms with E-state index in [9.17, 15) is 4.21 Å². The Morgan fingerprint density at radius 2 is 1.89 bits per heavy atom. The molecule has 0 amide bonds. The molecule has 0 spiro atoms. The number of ether oxygens (including phenoxy) is 1. The van der Waals surface area contributed by atoms with Crippen molar-refractivity contribution in [2.45, 2.75) is 39.3 Å². The highest BCUT2D eigenvalue weighted by atomic mass is 32.2. The van der Waals surface area contributed by atoms with Gasteiger partial charge in [-0.2, -0.15) is 0 Å². The minimum atomic E-state index is -0.758. The van der Waals surface area contributed by atoms with Crippen molar-refractivity contribution in [3.63, 3.8) is 0 Å². The fourth-order valence-electron chi connectivity index (χ4n) is 2.00. The molecule has 0 aliphatic heterocycles. The van der Waals surface area contributed by atoms with Crippen LogP contribution in [0.1, 0.15) is 38.8 Å². The number of hydrogen-bond donors (Lipinski definition) is 1. The van der Waals surface area contributed by atoms with Crippen molar-refractivity contribution < 1.29 is 8.95 Å². The van der Waals surface area contributed by atoms with E-state index in [1.54, 1.807) is 6.26 Å². The second kappa shape index (κ2) is 8.33. The Morgan fingerprint density at radius 3 is 2.42 bits per heavy atom. The van der Waals surface area contributed by atoms with Crippen molar-refractivity contribution in [3.05, 3.63) is 29.8 Å². The van der Waals surface area contributed by atoms with Crippen LogP contribution in [0.15, 0.2) is 24.3 Å². The van der Waals surface area contributed by atoms with E-state index in [0.717, 1.165) is 18.8 Å². The fraction of sp³-hybridized carbons (Fsp3) is 0.600. The first-order valence-corrected chi connectivity index (χ1v) is 8.54. The highest BCUT2D eigenvalue weighted by Gasteiger charge is 2.10. The lowest BCUT2D eigenvalue weighted by Gasteiger charge is -2.20. The molecule has 0 saturated carbocycles. The molecule has 1 rings (SSSR count). The van der Waals surface area contributed by atoms with Crippen molar-refractivity contribution in [2.75, 3.05) is 18.6 Å². The zero-order valence-corrected chi connectivity index (χ0v) is 13.1. The third kappa shape index (κ3) is 6.21. The van der Waals surface area contributed by atoms with Gasteiger partial charge in [-0.1, -0.05) is 19.1 Å². The number of rotatable bonds is 8. The van der Waals surface area contributed by atoms with Crippen LogP contribution >= 0.6 is 0 Å². The molecule has 3 unspecified atom stereocenters. The average molecular weight is 283 g/mol. The Kier molecular flexibility index (Phi) is 7.10. The molecule has 0 fully saturated rings. The van der Waals surface area contributed by atoms with Crippen LogP contribution in [-0.4, -0.2) is 28.9 Å². The number of hydrogen-bond acceptors (Lipinski definition) is 3. The summed E-state index contributed by atoms with van der Waals surface area (Å²) in [6.45, 7) is 7.04. The molecular formula is C15H25NO2S. The van der Waals surface area contributed by atoms with Gasteiger partial charge in [0.1, 0.15) is 5.75 Å². The third-order valence-corrected chi connectivity index (χ3v) is 3.84. The van der Waals surface area contributed by atoms with Gasteiger partial charge in [0, 0.05) is 34.9 Å². The molecule has 1 aromatic carbocycles. The average Bonchev–Trinajstić information content (AvgIpc) is 2.35. The zero-order chi connectivity index (χ0) is 14.3. The Labute approximate surface area is 119 Å². The molecule has 0 aromatic heterocycles. The molecular weight excluding hydrogens is 258 g/mol. The summed E-state index contributed by atoms with van der Waals surface area (Å²) < 4.78 is 16.7. The molecule has 3 atom stereocenters. The normalized spacial score (nSPS) is 15.8. The molecule has 19 heavy (non-hydrogen) atoms. The van der Waals surface area contributed by atoms with Crippen LogP contribution in [0.2, 0.25) is 0 Å². The van der Waals surface area contributed by atoms with Gasteiger partial charge in [0.25, 0.3) is 0 Å². The van der Waals surface area contributed by atoms with Crippen LogP contribution < -0.4 is 10.1 Å². The summed E-state index contributed by atoms with van der Waals surface area (Å²) in [5, 5.41) is 3.46. The summed E-state index contributed by atoms with van der Waals surface area (Å²) in [7, 11) is -0.758. The van der Waals surface area contributed by atoms with E-state index in [1.165, 1.54) is 5.56 Å². The molecule has 108 valence electrons. The molecule has 1 aromatic rings. The fourth-order valence-corrected chi connectivity index (χ4v) is 2.80. The van der Waals surface area contributed by atoms with E-state index in [-0.39, 0.29) is 12.1 Å². The van der Waals surface area contributed by atoms with Gasteiger partial charge in [-0.05, 0) is 38.0 Å². The van der Waals surface area contributed by atoms with E-state index < -0.39 is 10.8 Å². The molecule has 1 N–H and O–H groups in total. The smallest absolute Gasteiger partial charge is 0.119 e. The second-order valence-electron chi connectivity index (χ2n) is 4.95. The van der Waals surface area contributed by atoms with Crippen LogP contribution in [0.3, 0.4) is 0 Å². The van der Waals surface area contributed by atoms with Crippen LogP contribution in [-0.2, 0) is 10.8 Å². The summed E-state index contributed by atoms with van der Waals surface area (Å²) in [4.78, 5) is 0. The Bertz CT molecular complexity index is 392. The van der Waals surface area contributed by atoms with E-state index in [4.69, 9.17) is 4.74 Å². The van der Waals surface area contributed by atoms with Crippen molar-refractivity contribution in [1.29, 1.82) is 0 Å². The topological polar surface area (TPSA) is 38.3 Å². The van der Waals surface area contributed by atoms with Crippen molar-refractivity contribution in [3.8, 4) is 5.75 Å². The second-order valence-corrected chi connectivity index (χ2v) is 6.43. The van der Waals surface area contributed by atoms with Gasteiger partial charge in [-0.15, -0.1) is 0 Å². The van der Waals surface area contributed by atoms with Gasteiger partial charge >= 0.3 is 0 Å². The molecule has 0 aliphatic carbocycles. The minimum absolute atomic E-state index is 0.247. The summed E-state index contributed by atoms with van der Waals surface area (Å²) in [6, 6.07) is 8.67. The maximum Gasteiger partial charge on any atom is 0.119 e. The van der Waals surface area contributed by atoms with Gasteiger partial charge < -0.3 is 10.1 Å². The monoisotopic (exact) mass is 283 g/mol. The third-order valence-electron chi connectivity index (χ3n) is 2.87. The standard InChI is InChI=1S/C15H25NO2S/c1-5-10-18-15-8-6-14(7-9-15)13(3)16-12(2)11-19(4)17/h6-9,12-13,16H,5,10-11H2,1-4H3. The SMILES string of the molecule is CCCOc1ccc(C(C)NC(C)CS(C)=O)cc1. The number of benzene rings is 1. The zero-order valence-electron chi connectivity index (χ0n) is 12.3. The Morgan fingerprint density at radius 1 is 1.26 bits per heavy atom. The van der Waals surface area contributed by atoms with Crippen LogP contribution in [0.4, 0.5) is 0 Å². The first kappa shape index (κ1) is 16.2. The van der Waals surface area contributed by atoms with Gasteiger partial charge in [0.2, 0.25) is 0 Å². The summed E-state index contributed by atoms with van der Waals surface area (Å²) in [5.74, 6) is 1.60. The predicted octanol–water partition coefficient (Wildman–Crippen LogP) is 2.89. The maximum absolute atomic E-state index is 11.2. The van der Waals surface area contributed by atoms with Crippen molar-refractivity contribution >= 4 is 10.8 Å². The first-order chi connectivity index (χ1) is 9.02. The highest BCUT2D eigenvalue weighted by Crippen LogP contribution is 2.18. The van der Waals surface area contributed by atoms with Gasteiger partial charge in [-0.3, -0.25) is 4.21 Å². The summed E-state index contributed by atoms with van der Waals surface area (Å²) >= 11 is 0. The molecule has 0 saturated heterocycles. The molecule has 0 heterocycles. The largest absolute Gasteiger partial charge is 0.494 e.